The molecule has 1 aromatic rings. The molecule has 1 nitrogen and oxygen atoms in total. The van der Waals surface area contributed by atoms with E-state index in [1.807, 2.05) is 0 Å². The first-order valence-electron chi connectivity index (χ1n) is 7.51. The minimum Gasteiger partial charge on any atom is -0.315 e. The number of hydrogen-bond donors (Lipinski definition) is 1. The molecule has 1 heteroatoms. The van der Waals surface area contributed by atoms with E-state index in [2.05, 4.69) is 65.9 Å². The molecule has 1 rings (SSSR count). The van der Waals surface area contributed by atoms with Crippen LogP contribution in [0, 0.1) is 26.2 Å². The first-order valence-corrected chi connectivity index (χ1v) is 7.51. The highest BCUT2D eigenvalue weighted by Gasteiger charge is 2.20. The second-order valence-electron chi connectivity index (χ2n) is 7.08. The minimum atomic E-state index is 0.354. The average Bonchev–Trinajstić information content (AvgIpc) is 2.22. The van der Waals surface area contributed by atoms with E-state index in [0.717, 1.165) is 6.54 Å². The summed E-state index contributed by atoms with van der Waals surface area (Å²) in [7, 11) is 0. The van der Waals surface area contributed by atoms with Crippen molar-refractivity contribution in [3.63, 3.8) is 0 Å². The average molecular weight is 261 g/mol. The molecule has 1 aromatic carbocycles. The number of benzene rings is 1. The van der Waals surface area contributed by atoms with Gasteiger partial charge in [0.15, 0.2) is 0 Å². The van der Waals surface area contributed by atoms with Crippen molar-refractivity contribution < 1.29 is 0 Å². The summed E-state index contributed by atoms with van der Waals surface area (Å²) >= 11 is 0. The van der Waals surface area contributed by atoms with E-state index in [1.165, 1.54) is 29.5 Å². The zero-order valence-electron chi connectivity index (χ0n) is 13.9. The van der Waals surface area contributed by atoms with Crippen molar-refractivity contribution in [1.29, 1.82) is 0 Å². The van der Waals surface area contributed by atoms with E-state index >= 15 is 0 Å². The van der Waals surface area contributed by atoms with Crippen molar-refractivity contribution in [2.45, 2.75) is 67.3 Å². The van der Waals surface area contributed by atoms with Gasteiger partial charge >= 0.3 is 0 Å². The topological polar surface area (TPSA) is 12.0 Å². The van der Waals surface area contributed by atoms with Gasteiger partial charge in [0, 0.05) is 6.04 Å². The normalized spacial score (nSPS) is 12.2. The van der Waals surface area contributed by atoms with Gasteiger partial charge in [0.05, 0.1) is 0 Å². The van der Waals surface area contributed by atoms with Crippen LogP contribution >= 0.6 is 0 Å². The summed E-state index contributed by atoms with van der Waals surface area (Å²) in [5.74, 6) is 0. The predicted octanol–water partition coefficient (Wildman–Crippen LogP) is 4.57. The summed E-state index contributed by atoms with van der Waals surface area (Å²) in [5, 5.41) is 3.53. The summed E-state index contributed by atoms with van der Waals surface area (Å²) in [4.78, 5) is 0. The molecule has 0 aliphatic rings. The highest BCUT2D eigenvalue weighted by Crippen LogP contribution is 2.29. The third-order valence-electron chi connectivity index (χ3n) is 3.85. The quantitative estimate of drug-likeness (QED) is 0.791. The molecule has 0 saturated heterocycles. The van der Waals surface area contributed by atoms with Crippen molar-refractivity contribution in [2.75, 3.05) is 6.54 Å². The van der Waals surface area contributed by atoms with Crippen LogP contribution < -0.4 is 5.32 Å². The van der Waals surface area contributed by atoms with Crippen molar-refractivity contribution in [1.82, 2.24) is 5.32 Å². The van der Waals surface area contributed by atoms with E-state index in [0.29, 0.717) is 11.5 Å². The van der Waals surface area contributed by atoms with Gasteiger partial charge in [-0.15, -0.1) is 0 Å². The van der Waals surface area contributed by atoms with Gasteiger partial charge in [-0.3, -0.25) is 0 Å². The highest BCUT2D eigenvalue weighted by atomic mass is 14.9. The number of hydrogen-bond acceptors (Lipinski definition) is 1. The predicted molar refractivity (Wildman–Crippen MR) is 85.9 cm³/mol. The molecule has 108 valence electrons. The van der Waals surface area contributed by atoms with E-state index < -0.39 is 0 Å². The monoisotopic (exact) mass is 261 g/mol. The molecule has 0 unspecified atom stereocenters. The van der Waals surface area contributed by atoms with Gasteiger partial charge in [0.25, 0.3) is 0 Å². The fourth-order valence-corrected chi connectivity index (χ4v) is 2.75. The van der Waals surface area contributed by atoms with Crippen LogP contribution in [0.15, 0.2) is 12.1 Å². The third-order valence-corrected chi connectivity index (χ3v) is 3.85. The molecule has 0 fully saturated rings. The fourth-order valence-electron chi connectivity index (χ4n) is 2.75. The van der Waals surface area contributed by atoms with Crippen LogP contribution in [0.3, 0.4) is 0 Å². The standard InChI is InChI=1S/C18H31N/c1-13(2)19-9-8-18(6,7)12-17-15(4)10-14(3)11-16(17)5/h10-11,13,19H,8-9,12H2,1-7H3. The molecule has 0 aliphatic heterocycles. The van der Waals surface area contributed by atoms with Crippen molar-refractivity contribution >= 4 is 0 Å². The van der Waals surface area contributed by atoms with Crippen LogP contribution in [0.5, 0.6) is 0 Å². The highest BCUT2D eigenvalue weighted by molar-refractivity contribution is 5.38. The molecule has 0 radical (unpaired) electrons. The SMILES string of the molecule is Cc1cc(C)c(CC(C)(C)CCNC(C)C)c(C)c1. The minimum absolute atomic E-state index is 0.354. The molecule has 19 heavy (non-hydrogen) atoms. The van der Waals surface area contributed by atoms with Crippen LogP contribution in [-0.2, 0) is 6.42 Å². The summed E-state index contributed by atoms with van der Waals surface area (Å²) in [6.07, 6.45) is 2.39. The van der Waals surface area contributed by atoms with Crippen molar-refractivity contribution in [2.24, 2.45) is 5.41 Å². The molecule has 1 N–H and O–H groups in total. The fraction of sp³-hybridized carbons (Fsp3) is 0.667. The maximum Gasteiger partial charge on any atom is 0.00103 e. The zero-order valence-corrected chi connectivity index (χ0v) is 13.9. The molecule has 0 aliphatic carbocycles. The van der Waals surface area contributed by atoms with Crippen LogP contribution in [-0.4, -0.2) is 12.6 Å². The van der Waals surface area contributed by atoms with E-state index in [4.69, 9.17) is 0 Å². The number of aryl methyl sites for hydroxylation is 3. The largest absolute Gasteiger partial charge is 0.315 e. The van der Waals surface area contributed by atoms with E-state index in [9.17, 15) is 0 Å². The zero-order chi connectivity index (χ0) is 14.6. The third kappa shape index (κ3) is 5.36. The molecule has 0 atom stereocenters. The van der Waals surface area contributed by atoms with Crippen LogP contribution in [0.4, 0.5) is 0 Å². The van der Waals surface area contributed by atoms with Gasteiger partial charge in [0.1, 0.15) is 0 Å². The second-order valence-corrected chi connectivity index (χ2v) is 7.08. The Hall–Kier alpha value is -0.820. The van der Waals surface area contributed by atoms with Gasteiger partial charge in [-0.25, -0.2) is 0 Å². The maximum absolute atomic E-state index is 3.53. The van der Waals surface area contributed by atoms with Crippen LogP contribution in [0.1, 0.15) is 56.4 Å². The Bertz CT molecular complexity index is 393. The summed E-state index contributed by atoms with van der Waals surface area (Å²) in [5.41, 5.74) is 6.16. The molecule has 0 aromatic heterocycles. The number of nitrogens with one attached hydrogen (secondary N) is 1. The van der Waals surface area contributed by atoms with Crippen molar-refractivity contribution in [3.8, 4) is 0 Å². The summed E-state index contributed by atoms with van der Waals surface area (Å²) in [6, 6.07) is 5.20. The van der Waals surface area contributed by atoms with Gasteiger partial charge in [-0.1, -0.05) is 45.4 Å². The Balaban J connectivity index is 2.72. The second kappa shape index (κ2) is 6.56. The Kier molecular flexibility index (Phi) is 5.61. The Morgan fingerprint density at radius 3 is 2.05 bits per heavy atom. The first-order chi connectivity index (χ1) is 8.71. The molecule has 0 heterocycles. The lowest BCUT2D eigenvalue weighted by Gasteiger charge is -2.27. The Morgan fingerprint density at radius 1 is 1.05 bits per heavy atom. The van der Waals surface area contributed by atoms with Gasteiger partial charge in [-0.05, 0) is 62.3 Å². The molecule has 0 bridgehead atoms. The molecular weight excluding hydrogens is 230 g/mol. The molecule has 0 spiro atoms. The first kappa shape index (κ1) is 16.2. The summed E-state index contributed by atoms with van der Waals surface area (Å²) in [6.45, 7) is 17.0. The Labute approximate surface area is 119 Å². The number of rotatable bonds is 6. The van der Waals surface area contributed by atoms with E-state index in [-0.39, 0.29) is 0 Å². The van der Waals surface area contributed by atoms with E-state index in [1.54, 1.807) is 5.56 Å². The Morgan fingerprint density at radius 2 is 1.58 bits per heavy atom. The lowest BCUT2D eigenvalue weighted by molar-refractivity contribution is 0.319. The maximum atomic E-state index is 3.53. The van der Waals surface area contributed by atoms with Gasteiger partial charge < -0.3 is 5.32 Å². The summed E-state index contributed by atoms with van der Waals surface area (Å²) < 4.78 is 0. The molecule has 0 saturated carbocycles. The van der Waals surface area contributed by atoms with Gasteiger partial charge in [-0.2, -0.15) is 0 Å². The van der Waals surface area contributed by atoms with Crippen LogP contribution in [0.25, 0.3) is 0 Å². The van der Waals surface area contributed by atoms with Crippen LogP contribution in [0.2, 0.25) is 0 Å². The smallest absolute Gasteiger partial charge is 0.00103 e. The lowest BCUT2D eigenvalue weighted by Crippen LogP contribution is -2.29. The van der Waals surface area contributed by atoms with Gasteiger partial charge in [0.2, 0.25) is 0 Å². The molecule has 0 amide bonds. The van der Waals surface area contributed by atoms with Crippen molar-refractivity contribution in [3.05, 3.63) is 34.4 Å². The molecular formula is C18H31N. The lowest BCUT2D eigenvalue weighted by atomic mass is 9.80.